The second kappa shape index (κ2) is 7.67. The van der Waals surface area contributed by atoms with E-state index in [2.05, 4.69) is 47.7 Å². The zero-order chi connectivity index (χ0) is 15.1. The Kier molecular flexibility index (Phi) is 6.21. The molecule has 0 spiro atoms. The average Bonchev–Trinajstić information content (AvgIpc) is 2.46. The molecule has 1 aromatic rings. The first-order valence-corrected chi connectivity index (χ1v) is 7.11. The second-order valence-electron chi connectivity index (χ2n) is 5.24. The van der Waals surface area contributed by atoms with Crippen LogP contribution in [0.3, 0.4) is 0 Å². The number of nitrogens with zero attached hydrogens (tertiary/aromatic N) is 4. The Bertz CT molecular complexity index is 443. The van der Waals surface area contributed by atoms with E-state index in [4.69, 9.17) is 10.9 Å². The maximum Gasteiger partial charge on any atom is 0.226 e. The van der Waals surface area contributed by atoms with Gasteiger partial charge in [-0.2, -0.15) is 0 Å². The largest absolute Gasteiger partial charge is 0.409 e. The van der Waals surface area contributed by atoms with Crippen molar-refractivity contribution in [2.45, 2.75) is 46.6 Å². The lowest BCUT2D eigenvalue weighted by Gasteiger charge is -2.32. The van der Waals surface area contributed by atoms with E-state index < -0.39 is 0 Å². The smallest absolute Gasteiger partial charge is 0.226 e. The molecule has 112 valence electrons. The Hall–Kier alpha value is -1.85. The molecule has 3 N–H and O–H groups in total. The van der Waals surface area contributed by atoms with Crippen LogP contribution in [0.5, 0.6) is 0 Å². The van der Waals surface area contributed by atoms with E-state index in [0.717, 1.165) is 19.4 Å². The quantitative estimate of drug-likeness (QED) is 0.346. The lowest BCUT2D eigenvalue weighted by Crippen LogP contribution is -2.39. The number of hydrogen-bond donors (Lipinski definition) is 2. The molecular weight excluding hydrogens is 254 g/mol. The van der Waals surface area contributed by atoms with Crippen LogP contribution in [-0.2, 0) is 0 Å². The molecule has 0 fully saturated rings. The molecule has 0 aliphatic rings. The Morgan fingerprint density at radius 3 is 2.55 bits per heavy atom. The maximum atomic E-state index is 8.75. The zero-order valence-corrected chi connectivity index (χ0v) is 12.7. The molecule has 0 unspecified atom stereocenters. The van der Waals surface area contributed by atoms with E-state index in [1.54, 1.807) is 12.3 Å². The Labute approximate surface area is 120 Å². The summed E-state index contributed by atoms with van der Waals surface area (Å²) in [7, 11) is 0. The number of amidine groups is 1. The molecule has 0 radical (unpaired) electrons. The number of hydrogen-bond acceptors (Lipinski definition) is 5. The van der Waals surface area contributed by atoms with E-state index in [1.807, 2.05) is 0 Å². The number of rotatable bonds is 7. The fourth-order valence-corrected chi connectivity index (χ4v) is 2.20. The van der Waals surface area contributed by atoms with Crippen LogP contribution in [0.25, 0.3) is 0 Å². The minimum atomic E-state index is 0.00249. The third-order valence-electron chi connectivity index (χ3n) is 3.22. The highest BCUT2D eigenvalue weighted by atomic mass is 16.4. The summed E-state index contributed by atoms with van der Waals surface area (Å²) >= 11 is 0. The van der Waals surface area contributed by atoms with Crippen molar-refractivity contribution in [1.82, 2.24) is 9.97 Å². The van der Waals surface area contributed by atoms with E-state index in [-0.39, 0.29) is 5.84 Å². The molecule has 6 heteroatoms. The van der Waals surface area contributed by atoms with Crippen LogP contribution in [0.2, 0.25) is 0 Å². The first-order chi connectivity index (χ1) is 9.53. The highest BCUT2D eigenvalue weighted by Gasteiger charge is 2.20. The molecule has 0 saturated carbocycles. The van der Waals surface area contributed by atoms with Gasteiger partial charge in [-0.1, -0.05) is 32.9 Å². The van der Waals surface area contributed by atoms with Gasteiger partial charge in [0.25, 0.3) is 0 Å². The Morgan fingerprint density at radius 2 is 2.05 bits per heavy atom. The predicted octanol–water partition coefficient (Wildman–Crippen LogP) is 2.22. The van der Waals surface area contributed by atoms with E-state index in [0.29, 0.717) is 23.6 Å². The normalized spacial score (nSPS) is 12.2. The van der Waals surface area contributed by atoms with Crippen molar-refractivity contribution >= 4 is 11.8 Å². The molecule has 1 aromatic heterocycles. The van der Waals surface area contributed by atoms with Crippen LogP contribution in [0.1, 0.15) is 46.2 Å². The summed E-state index contributed by atoms with van der Waals surface area (Å²) in [5, 5.41) is 11.7. The van der Waals surface area contributed by atoms with Crippen molar-refractivity contribution in [1.29, 1.82) is 0 Å². The highest BCUT2D eigenvalue weighted by Crippen LogP contribution is 2.18. The Morgan fingerprint density at radius 1 is 1.40 bits per heavy atom. The van der Waals surface area contributed by atoms with Crippen molar-refractivity contribution in [3.63, 3.8) is 0 Å². The summed E-state index contributed by atoms with van der Waals surface area (Å²) in [5.74, 6) is 1.14. The summed E-state index contributed by atoms with van der Waals surface area (Å²) in [6.45, 7) is 9.54. The van der Waals surface area contributed by atoms with Crippen LogP contribution in [0.4, 0.5) is 5.95 Å². The summed E-state index contributed by atoms with van der Waals surface area (Å²) in [4.78, 5) is 11.0. The summed E-state index contributed by atoms with van der Waals surface area (Å²) in [6.07, 6.45) is 3.70. The first kappa shape index (κ1) is 16.2. The third kappa shape index (κ3) is 4.08. The van der Waals surface area contributed by atoms with E-state index in [9.17, 15) is 0 Å². The van der Waals surface area contributed by atoms with Crippen molar-refractivity contribution in [2.24, 2.45) is 16.8 Å². The molecule has 0 saturated heterocycles. The first-order valence-electron chi connectivity index (χ1n) is 7.11. The topological polar surface area (TPSA) is 87.6 Å². The lowest BCUT2D eigenvalue weighted by molar-refractivity contribution is 0.318. The standard InChI is InChI=1S/C14H25N5O/c1-5-11(6-2)19(9-10(3)4)14-16-8-7-12(17-14)13(15)18-20/h7-8,10-11,20H,5-6,9H2,1-4H3,(H2,15,18). The van der Waals surface area contributed by atoms with Crippen LogP contribution in [-0.4, -0.2) is 33.6 Å². The second-order valence-corrected chi connectivity index (χ2v) is 5.24. The number of nitrogens with two attached hydrogens (primary N) is 1. The number of oxime groups is 1. The molecule has 1 rings (SSSR count). The van der Waals surface area contributed by atoms with Crippen LogP contribution < -0.4 is 10.6 Å². The summed E-state index contributed by atoms with van der Waals surface area (Å²) in [5.41, 5.74) is 6.04. The van der Waals surface area contributed by atoms with Crippen molar-refractivity contribution in [3.8, 4) is 0 Å². The van der Waals surface area contributed by atoms with Crippen LogP contribution in [0.15, 0.2) is 17.4 Å². The van der Waals surface area contributed by atoms with Crippen molar-refractivity contribution < 1.29 is 5.21 Å². The van der Waals surface area contributed by atoms with Gasteiger partial charge in [0.05, 0.1) is 0 Å². The van der Waals surface area contributed by atoms with Gasteiger partial charge in [-0.15, -0.1) is 0 Å². The molecule has 6 nitrogen and oxygen atoms in total. The van der Waals surface area contributed by atoms with Gasteiger partial charge in [-0.3, -0.25) is 0 Å². The molecule has 0 aliphatic carbocycles. The monoisotopic (exact) mass is 279 g/mol. The van der Waals surface area contributed by atoms with Gasteiger partial charge in [0.15, 0.2) is 5.84 Å². The van der Waals surface area contributed by atoms with Gasteiger partial charge in [-0.25, -0.2) is 9.97 Å². The molecule has 0 aliphatic heterocycles. The predicted molar refractivity (Wildman–Crippen MR) is 81.1 cm³/mol. The van der Waals surface area contributed by atoms with Gasteiger partial charge in [0, 0.05) is 18.8 Å². The minimum absolute atomic E-state index is 0.00249. The molecular formula is C14H25N5O. The maximum absolute atomic E-state index is 8.75. The average molecular weight is 279 g/mol. The van der Waals surface area contributed by atoms with Gasteiger partial charge in [0.1, 0.15) is 5.69 Å². The number of aromatic nitrogens is 2. The Balaban J connectivity index is 3.13. The van der Waals surface area contributed by atoms with E-state index >= 15 is 0 Å². The van der Waals surface area contributed by atoms with E-state index in [1.165, 1.54) is 0 Å². The molecule has 20 heavy (non-hydrogen) atoms. The van der Waals surface area contributed by atoms with Crippen molar-refractivity contribution in [2.75, 3.05) is 11.4 Å². The summed E-state index contributed by atoms with van der Waals surface area (Å²) in [6, 6.07) is 2.03. The third-order valence-corrected chi connectivity index (χ3v) is 3.22. The van der Waals surface area contributed by atoms with Crippen molar-refractivity contribution in [3.05, 3.63) is 18.0 Å². The van der Waals surface area contributed by atoms with Gasteiger partial charge in [-0.05, 0) is 24.8 Å². The van der Waals surface area contributed by atoms with Gasteiger partial charge in [0.2, 0.25) is 5.95 Å². The van der Waals surface area contributed by atoms with Crippen LogP contribution in [0, 0.1) is 5.92 Å². The zero-order valence-electron chi connectivity index (χ0n) is 12.7. The minimum Gasteiger partial charge on any atom is -0.409 e. The molecule has 1 heterocycles. The molecule has 0 amide bonds. The SMILES string of the molecule is CCC(CC)N(CC(C)C)c1nccc(/C(N)=N/O)n1. The fraction of sp³-hybridized carbons (Fsp3) is 0.643. The fourth-order valence-electron chi connectivity index (χ4n) is 2.20. The van der Waals surface area contributed by atoms with Gasteiger partial charge < -0.3 is 15.8 Å². The summed E-state index contributed by atoms with van der Waals surface area (Å²) < 4.78 is 0. The highest BCUT2D eigenvalue weighted by molar-refractivity contribution is 5.95. The molecule has 0 atom stereocenters. The molecule has 0 bridgehead atoms. The van der Waals surface area contributed by atoms with Crippen LogP contribution >= 0.6 is 0 Å². The molecule has 0 aromatic carbocycles. The lowest BCUT2D eigenvalue weighted by atomic mass is 10.1. The van der Waals surface area contributed by atoms with Gasteiger partial charge >= 0.3 is 0 Å². The number of anilines is 1.